The van der Waals surface area contributed by atoms with Crippen molar-refractivity contribution in [1.82, 2.24) is 25.3 Å². The third-order valence-electron chi connectivity index (χ3n) is 4.83. The number of nitrogen functional groups attached to an aromatic ring is 1. The molecule has 3 aromatic heterocycles. The van der Waals surface area contributed by atoms with Crippen LogP contribution in [-0.2, 0) is 9.53 Å². The molecule has 0 bridgehead atoms. The molecule has 1 unspecified atom stereocenters. The first kappa shape index (κ1) is 18.2. The minimum atomic E-state index is -0.0765. The monoisotopic (exact) mass is 381 g/mol. The molecule has 1 aliphatic heterocycles. The predicted molar refractivity (Wildman–Crippen MR) is 107 cm³/mol. The van der Waals surface area contributed by atoms with E-state index in [1.807, 2.05) is 25.3 Å². The van der Waals surface area contributed by atoms with E-state index in [2.05, 4.69) is 30.2 Å². The summed E-state index contributed by atoms with van der Waals surface area (Å²) < 4.78 is 5.18. The number of hydrogen-bond donors (Lipinski definition) is 3. The molecular formula is C19H23N7O2. The molecule has 4 heterocycles. The molecule has 146 valence electrons. The third-order valence-corrected chi connectivity index (χ3v) is 4.83. The number of aromatic amines is 1. The van der Waals surface area contributed by atoms with Crippen molar-refractivity contribution >= 4 is 28.6 Å². The second kappa shape index (κ2) is 7.81. The summed E-state index contributed by atoms with van der Waals surface area (Å²) in [6.45, 7) is 4.08. The Balaban J connectivity index is 1.60. The van der Waals surface area contributed by atoms with Gasteiger partial charge in [0.1, 0.15) is 12.3 Å². The van der Waals surface area contributed by atoms with Gasteiger partial charge in [-0.15, -0.1) is 0 Å². The molecule has 4 rings (SSSR count). The molecule has 28 heavy (non-hydrogen) atoms. The number of nitrogens with one attached hydrogen (secondary N) is 2. The zero-order chi connectivity index (χ0) is 19.5. The van der Waals surface area contributed by atoms with Gasteiger partial charge in [0.2, 0.25) is 11.9 Å². The quantitative estimate of drug-likeness (QED) is 0.589. The first-order chi connectivity index (χ1) is 13.7. The smallest absolute Gasteiger partial charge is 0.246 e. The molecule has 0 aliphatic carbocycles. The molecule has 9 heteroatoms. The lowest BCUT2D eigenvalue weighted by Crippen LogP contribution is -2.39. The van der Waals surface area contributed by atoms with E-state index in [-0.39, 0.29) is 24.5 Å². The largest absolute Gasteiger partial charge is 0.372 e. The molecular weight excluding hydrogens is 358 g/mol. The van der Waals surface area contributed by atoms with Crippen LogP contribution in [0.5, 0.6) is 0 Å². The molecule has 0 aromatic carbocycles. The van der Waals surface area contributed by atoms with E-state index < -0.39 is 0 Å². The summed E-state index contributed by atoms with van der Waals surface area (Å²) >= 11 is 0. The summed E-state index contributed by atoms with van der Waals surface area (Å²) in [7, 11) is 0. The van der Waals surface area contributed by atoms with Gasteiger partial charge in [0, 0.05) is 49.9 Å². The Morgan fingerprint density at radius 1 is 1.39 bits per heavy atom. The molecule has 1 fully saturated rings. The maximum absolute atomic E-state index is 11.9. The van der Waals surface area contributed by atoms with Gasteiger partial charge in [0.05, 0.1) is 16.8 Å². The Bertz CT molecular complexity index is 987. The highest BCUT2D eigenvalue weighted by molar-refractivity contribution is 6.02. The zero-order valence-electron chi connectivity index (χ0n) is 15.7. The Morgan fingerprint density at radius 3 is 3.07 bits per heavy atom. The summed E-state index contributed by atoms with van der Waals surface area (Å²) in [5.74, 6) is 0.155. The molecule has 1 aliphatic rings. The number of carbonyl (C=O) groups is 1. The lowest BCUT2D eigenvalue weighted by Gasteiger charge is -2.20. The topological polar surface area (TPSA) is 122 Å². The van der Waals surface area contributed by atoms with E-state index in [1.165, 1.54) is 0 Å². The summed E-state index contributed by atoms with van der Waals surface area (Å²) in [6, 6.07) is 3.92. The number of rotatable bonds is 6. The second-order valence-electron chi connectivity index (χ2n) is 6.69. The fourth-order valence-corrected chi connectivity index (χ4v) is 3.59. The van der Waals surface area contributed by atoms with E-state index in [1.54, 1.807) is 12.4 Å². The Kier molecular flexibility index (Phi) is 5.07. The molecule has 9 nitrogen and oxygen atoms in total. The number of nitrogens with zero attached hydrogens (tertiary/aromatic N) is 4. The first-order valence-electron chi connectivity index (χ1n) is 9.32. The fraction of sp³-hybridized carbons (Fsp3) is 0.368. The van der Waals surface area contributed by atoms with Crippen LogP contribution in [-0.4, -0.2) is 58.2 Å². The number of hydrogen-bond acceptors (Lipinski definition) is 7. The lowest BCUT2D eigenvalue weighted by molar-refractivity contribution is -0.126. The van der Waals surface area contributed by atoms with Gasteiger partial charge < -0.3 is 25.7 Å². The number of ether oxygens (including phenoxy) is 1. The van der Waals surface area contributed by atoms with E-state index in [9.17, 15) is 4.79 Å². The van der Waals surface area contributed by atoms with Crippen molar-refractivity contribution in [2.75, 3.05) is 36.9 Å². The van der Waals surface area contributed by atoms with E-state index >= 15 is 0 Å². The Morgan fingerprint density at radius 2 is 2.25 bits per heavy atom. The predicted octanol–water partition coefficient (Wildman–Crippen LogP) is 1.33. The summed E-state index contributed by atoms with van der Waals surface area (Å²) in [6.07, 6.45) is 6.20. The second-order valence-corrected chi connectivity index (χ2v) is 6.69. The number of pyridine rings is 1. The van der Waals surface area contributed by atoms with Gasteiger partial charge in [-0.1, -0.05) is 0 Å². The highest BCUT2D eigenvalue weighted by atomic mass is 16.5. The summed E-state index contributed by atoms with van der Waals surface area (Å²) in [5, 5.41) is 4.03. The molecule has 1 saturated heterocycles. The van der Waals surface area contributed by atoms with Crippen LogP contribution in [0.3, 0.4) is 0 Å². The minimum Gasteiger partial charge on any atom is -0.372 e. The highest BCUT2D eigenvalue weighted by Gasteiger charge is 2.26. The molecule has 3 aromatic rings. The van der Waals surface area contributed by atoms with Gasteiger partial charge in [0.15, 0.2) is 0 Å². The van der Waals surface area contributed by atoms with Crippen molar-refractivity contribution < 1.29 is 9.53 Å². The van der Waals surface area contributed by atoms with E-state index in [0.717, 1.165) is 47.5 Å². The van der Waals surface area contributed by atoms with Crippen LogP contribution in [0.4, 0.5) is 11.6 Å². The molecule has 0 saturated carbocycles. The van der Waals surface area contributed by atoms with Crippen molar-refractivity contribution in [2.24, 2.45) is 0 Å². The molecule has 0 spiro atoms. The van der Waals surface area contributed by atoms with Crippen LogP contribution >= 0.6 is 0 Å². The Hall–Kier alpha value is -3.20. The SMILES string of the molecule is CCOCC(=O)NC1CCN(c2ccnc3[nH]cc(-c4ccnc(N)n4)c23)C1. The molecule has 0 radical (unpaired) electrons. The van der Waals surface area contributed by atoms with Crippen molar-refractivity contribution in [3.05, 3.63) is 30.7 Å². The standard InChI is InChI=1S/C19H23N7O2/c1-2-28-11-16(27)24-12-5-8-26(10-12)15-4-7-21-18-17(15)13(9-23-18)14-3-6-22-19(20)25-14/h3-4,6-7,9,12H,2,5,8,10-11H2,1H3,(H,21,23)(H,24,27)(H2,20,22,25). The van der Waals surface area contributed by atoms with Crippen LogP contribution in [0.25, 0.3) is 22.3 Å². The normalized spacial score (nSPS) is 16.6. The third kappa shape index (κ3) is 3.61. The average Bonchev–Trinajstić information content (AvgIpc) is 3.33. The summed E-state index contributed by atoms with van der Waals surface area (Å²) in [4.78, 5) is 30.2. The number of H-pyrrole nitrogens is 1. The fourth-order valence-electron chi connectivity index (χ4n) is 3.59. The lowest BCUT2D eigenvalue weighted by atomic mass is 10.1. The van der Waals surface area contributed by atoms with Crippen molar-refractivity contribution in [2.45, 2.75) is 19.4 Å². The van der Waals surface area contributed by atoms with Crippen molar-refractivity contribution in [3.8, 4) is 11.3 Å². The number of aromatic nitrogens is 4. The number of anilines is 2. The van der Waals surface area contributed by atoms with E-state index in [4.69, 9.17) is 10.5 Å². The van der Waals surface area contributed by atoms with Gasteiger partial charge in [0.25, 0.3) is 0 Å². The van der Waals surface area contributed by atoms with Crippen LogP contribution in [0, 0.1) is 0 Å². The van der Waals surface area contributed by atoms with Crippen LogP contribution < -0.4 is 16.0 Å². The minimum absolute atomic E-state index is 0.0765. The van der Waals surface area contributed by atoms with Crippen molar-refractivity contribution in [1.29, 1.82) is 0 Å². The number of amides is 1. The Labute approximate surface area is 162 Å². The molecule has 4 N–H and O–H groups in total. The van der Waals surface area contributed by atoms with Crippen LogP contribution in [0.15, 0.2) is 30.7 Å². The molecule has 1 amide bonds. The van der Waals surface area contributed by atoms with Crippen molar-refractivity contribution in [3.63, 3.8) is 0 Å². The molecule has 1 atom stereocenters. The van der Waals surface area contributed by atoms with Crippen LogP contribution in [0.2, 0.25) is 0 Å². The number of fused-ring (bicyclic) bond motifs is 1. The first-order valence-corrected chi connectivity index (χ1v) is 9.32. The van der Waals surface area contributed by atoms with Gasteiger partial charge in [-0.2, -0.15) is 0 Å². The number of nitrogens with two attached hydrogens (primary N) is 1. The van der Waals surface area contributed by atoms with Gasteiger partial charge >= 0.3 is 0 Å². The summed E-state index contributed by atoms with van der Waals surface area (Å²) in [5.41, 5.74) is 9.27. The van der Waals surface area contributed by atoms with E-state index in [0.29, 0.717) is 6.61 Å². The highest BCUT2D eigenvalue weighted by Crippen LogP contribution is 2.35. The maximum atomic E-state index is 11.9. The zero-order valence-corrected chi connectivity index (χ0v) is 15.7. The van der Waals surface area contributed by atoms with Gasteiger partial charge in [-0.05, 0) is 25.5 Å². The maximum Gasteiger partial charge on any atom is 0.246 e. The average molecular weight is 381 g/mol. The number of carbonyl (C=O) groups excluding carboxylic acids is 1. The van der Waals surface area contributed by atoms with Gasteiger partial charge in [-0.3, -0.25) is 4.79 Å². The van der Waals surface area contributed by atoms with Crippen LogP contribution in [0.1, 0.15) is 13.3 Å². The van der Waals surface area contributed by atoms with Gasteiger partial charge in [-0.25, -0.2) is 15.0 Å².